The van der Waals surface area contributed by atoms with Crippen molar-refractivity contribution in [2.24, 2.45) is 0 Å². The van der Waals surface area contributed by atoms with Crippen molar-refractivity contribution >= 4 is 17.2 Å². The third-order valence-electron chi connectivity index (χ3n) is 2.88. The fraction of sp³-hybridized carbons (Fsp3) is 0.462. The Balaban J connectivity index is 1.80. The summed E-state index contributed by atoms with van der Waals surface area (Å²) in [5.41, 5.74) is 1.63. The standard InChI is InChI=1S/C13H17N3O3S/c1-8-7-20-11(15-8)4-3-5-14-13(18)12-10(6-17)9(2)19-16-12/h7,17H,3-6H2,1-2H3,(H,14,18). The van der Waals surface area contributed by atoms with Gasteiger partial charge in [-0.05, 0) is 20.3 Å². The molecule has 0 radical (unpaired) electrons. The van der Waals surface area contributed by atoms with E-state index in [-0.39, 0.29) is 18.2 Å². The first-order valence-corrected chi connectivity index (χ1v) is 7.25. The lowest BCUT2D eigenvalue weighted by Gasteiger charge is -2.03. The molecular formula is C13H17N3O3S. The molecule has 2 aromatic rings. The molecule has 0 saturated carbocycles. The number of carbonyl (C=O) groups excluding carboxylic acids is 1. The number of nitrogens with zero attached hydrogens (tertiary/aromatic N) is 2. The maximum atomic E-state index is 11.9. The first-order chi connectivity index (χ1) is 9.61. The normalized spacial score (nSPS) is 10.8. The van der Waals surface area contributed by atoms with E-state index in [9.17, 15) is 9.90 Å². The Hall–Kier alpha value is -1.73. The minimum Gasteiger partial charge on any atom is -0.391 e. The van der Waals surface area contributed by atoms with Crippen molar-refractivity contribution in [2.45, 2.75) is 33.3 Å². The van der Waals surface area contributed by atoms with E-state index in [1.165, 1.54) is 0 Å². The van der Waals surface area contributed by atoms with Gasteiger partial charge in [0, 0.05) is 24.0 Å². The number of aliphatic hydroxyl groups excluding tert-OH is 1. The molecule has 0 aromatic carbocycles. The van der Waals surface area contributed by atoms with Gasteiger partial charge < -0.3 is 14.9 Å². The maximum Gasteiger partial charge on any atom is 0.273 e. The van der Waals surface area contributed by atoms with Crippen molar-refractivity contribution < 1.29 is 14.4 Å². The Morgan fingerprint density at radius 3 is 2.95 bits per heavy atom. The molecule has 20 heavy (non-hydrogen) atoms. The van der Waals surface area contributed by atoms with Crippen molar-refractivity contribution in [1.82, 2.24) is 15.5 Å². The fourth-order valence-electron chi connectivity index (χ4n) is 1.80. The number of hydrogen-bond acceptors (Lipinski definition) is 6. The molecule has 108 valence electrons. The smallest absolute Gasteiger partial charge is 0.273 e. The van der Waals surface area contributed by atoms with Crippen LogP contribution in [0.5, 0.6) is 0 Å². The molecule has 2 heterocycles. The van der Waals surface area contributed by atoms with Crippen molar-refractivity contribution in [3.05, 3.63) is 33.1 Å². The van der Waals surface area contributed by atoms with Gasteiger partial charge in [0.25, 0.3) is 5.91 Å². The molecule has 2 N–H and O–H groups in total. The van der Waals surface area contributed by atoms with Crippen LogP contribution in [0.15, 0.2) is 9.90 Å². The topological polar surface area (TPSA) is 88.2 Å². The van der Waals surface area contributed by atoms with E-state index in [0.717, 1.165) is 23.5 Å². The quantitative estimate of drug-likeness (QED) is 0.790. The summed E-state index contributed by atoms with van der Waals surface area (Å²) >= 11 is 1.63. The molecule has 0 spiro atoms. The third kappa shape index (κ3) is 3.43. The average molecular weight is 295 g/mol. The van der Waals surface area contributed by atoms with Crippen LogP contribution in [0.4, 0.5) is 0 Å². The maximum absolute atomic E-state index is 11.9. The van der Waals surface area contributed by atoms with Gasteiger partial charge in [-0.15, -0.1) is 11.3 Å². The number of thiazole rings is 1. The number of aliphatic hydroxyl groups is 1. The molecule has 0 atom stereocenters. The van der Waals surface area contributed by atoms with Crippen molar-refractivity contribution in [1.29, 1.82) is 0 Å². The number of amides is 1. The van der Waals surface area contributed by atoms with Crippen LogP contribution in [0.3, 0.4) is 0 Å². The molecule has 0 unspecified atom stereocenters. The Bertz CT molecular complexity index is 591. The Morgan fingerprint density at radius 2 is 2.30 bits per heavy atom. The number of carbonyl (C=O) groups is 1. The second-order valence-corrected chi connectivity index (χ2v) is 5.41. The minimum atomic E-state index is -0.318. The summed E-state index contributed by atoms with van der Waals surface area (Å²) in [7, 11) is 0. The van der Waals surface area contributed by atoms with Gasteiger partial charge in [0.1, 0.15) is 5.76 Å². The van der Waals surface area contributed by atoms with E-state index in [1.807, 2.05) is 12.3 Å². The molecule has 0 bridgehead atoms. The predicted molar refractivity (Wildman–Crippen MR) is 74.7 cm³/mol. The number of hydrogen-bond donors (Lipinski definition) is 2. The Labute approximate surface area is 120 Å². The molecule has 0 fully saturated rings. The zero-order valence-electron chi connectivity index (χ0n) is 11.5. The number of aromatic nitrogens is 2. The summed E-state index contributed by atoms with van der Waals surface area (Å²) in [4.78, 5) is 16.3. The molecular weight excluding hydrogens is 278 g/mol. The highest BCUT2D eigenvalue weighted by Crippen LogP contribution is 2.13. The molecule has 0 aliphatic heterocycles. The van der Waals surface area contributed by atoms with Crippen molar-refractivity contribution in [2.75, 3.05) is 6.54 Å². The summed E-state index contributed by atoms with van der Waals surface area (Å²) in [6.45, 7) is 3.91. The highest BCUT2D eigenvalue weighted by molar-refractivity contribution is 7.09. The highest BCUT2D eigenvalue weighted by atomic mass is 32.1. The van der Waals surface area contributed by atoms with E-state index in [2.05, 4.69) is 15.5 Å². The number of aryl methyl sites for hydroxylation is 3. The fourth-order valence-corrected chi connectivity index (χ4v) is 2.62. The second kappa shape index (κ2) is 6.62. The molecule has 2 aromatic heterocycles. The molecule has 6 nitrogen and oxygen atoms in total. The Morgan fingerprint density at radius 1 is 1.50 bits per heavy atom. The first kappa shape index (κ1) is 14.7. The Kier molecular flexibility index (Phi) is 4.86. The lowest BCUT2D eigenvalue weighted by Crippen LogP contribution is -2.26. The third-order valence-corrected chi connectivity index (χ3v) is 3.90. The van der Waals surface area contributed by atoms with E-state index in [0.29, 0.717) is 17.9 Å². The summed E-state index contributed by atoms with van der Waals surface area (Å²) in [6.07, 6.45) is 1.65. The monoisotopic (exact) mass is 295 g/mol. The largest absolute Gasteiger partial charge is 0.391 e. The molecule has 2 rings (SSSR count). The number of nitrogens with one attached hydrogen (secondary N) is 1. The van der Waals surface area contributed by atoms with E-state index in [4.69, 9.17) is 4.52 Å². The van der Waals surface area contributed by atoms with Gasteiger partial charge in [-0.1, -0.05) is 5.16 Å². The summed E-state index contributed by atoms with van der Waals surface area (Å²) in [6, 6.07) is 0. The SMILES string of the molecule is Cc1csc(CCCNC(=O)c2noc(C)c2CO)n1. The van der Waals surface area contributed by atoms with Gasteiger partial charge >= 0.3 is 0 Å². The highest BCUT2D eigenvalue weighted by Gasteiger charge is 2.18. The van der Waals surface area contributed by atoms with Gasteiger partial charge in [0.15, 0.2) is 5.69 Å². The molecule has 0 aliphatic carbocycles. The first-order valence-electron chi connectivity index (χ1n) is 6.37. The van der Waals surface area contributed by atoms with Crippen molar-refractivity contribution in [3.63, 3.8) is 0 Å². The lowest BCUT2D eigenvalue weighted by molar-refractivity contribution is 0.0941. The second-order valence-electron chi connectivity index (χ2n) is 4.47. The van der Waals surface area contributed by atoms with Gasteiger partial charge in [-0.2, -0.15) is 0 Å². The average Bonchev–Trinajstić information content (AvgIpc) is 3.00. The minimum absolute atomic E-state index is 0.162. The van der Waals surface area contributed by atoms with Crippen LogP contribution in [0.2, 0.25) is 0 Å². The summed E-state index contributed by atoms with van der Waals surface area (Å²) < 4.78 is 4.91. The zero-order valence-corrected chi connectivity index (χ0v) is 12.3. The van der Waals surface area contributed by atoms with Crippen LogP contribution < -0.4 is 5.32 Å². The predicted octanol–water partition coefficient (Wildman–Crippen LogP) is 1.60. The summed E-state index contributed by atoms with van der Waals surface area (Å²) in [5, 5.41) is 18.7. The van der Waals surface area contributed by atoms with Crippen LogP contribution >= 0.6 is 11.3 Å². The zero-order chi connectivity index (χ0) is 14.5. The summed E-state index contributed by atoms with van der Waals surface area (Å²) in [5.74, 6) is 0.150. The lowest BCUT2D eigenvalue weighted by atomic mass is 10.2. The van der Waals surface area contributed by atoms with Crippen molar-refractivity contribution in [3.8, 4) is 0 Å². The van der Waals surface area contributed by atoms with Gasteiger partial charge in [0.05, 0.1) is 17.2 Å². The van der Waals surface area contributed by atoms with Gasteiger partial charge in [0.2, 0.25) is 0 Å². The van der Waals surface area contributed by atoms with E-state index in [1.54, 1.807) is 18.3 Å². The van der Waals surface area contributed by atoms with Crippen LogP contribution in [0.25, 0.3) is 0 Å². The van der Waals surface area contributed by atoms with Crippen LogP contribution in [-0.2, 0) is 13.0 Å². The molecule has 7 heteroatoms. The van der Waals surface area contributed by atoms with Gasteiger partial charge in [-0.25, -0.2) is 4.98 Å². The molecule has 0 saturated heterocycles. The van der Waals surface area contributed by atoms with Gasteiger partial charge in [-0.3, -0.25) is 4.79 Å². The molecule has 0 aliphatic rings. The number of rotatable bonds is 6. The van der Waals surface area contributed by atoms with Crippen LogP contribution in [0, 0.1) is 13.8 Å². The van der Waals surface area contributed by atoms with Crippen LogP contribution in [-0.4, -0.2) is 27.7 Å². The van der Waals surface area contributed by atoms with Crippen LogP contribution in [0.1, 0.15) is 38.9 Å². The van der Waals surface area contributed by atoms with E-state index >= 15 is 0 Å². The van der Waals surface area contributed by atoms with E-state index < -0.39 is 0 Å². The molecule has 1 amide bonds.